The number of H-pyrrole nitrogens is 1. The van der Waals surface area contributed by atoms with Crippen LogP contribution in [-0.2, 0) is 9.53 Å². The Hall–Kier alpha value is -2.92. The first kappa shape index (κ1) is 18.4. The van der Waals surface area contributed by atoms with Crippen molar-refractivity contribution in [3.05, 3.63) is 60.2 Å². The second-order valence-electron chi connectivity index (χ2n) is 7.43. The van der Waals surface area contributed by atoms with Crippen LogP contribution in [0.5, 0.6) is 0 Å². The number of rotatable bonds is 5. The van der Waals surface area contributed by atoms with Crippen LogP contribution in [0, 0.1) is 5.92 Å². The topological polar surface area (TPSA) is 63.6 Å². The van der Waals surface area contributed by atoms with Crippen LogP contribution in [0.1, 0.15) is 23.2 Å². The first-order chi connectivity index (χ1) is 13.7. The van der Waals surface area contributed by atoms with Gasteiger partial charge in [-0.2, -0.15) is 0 Å². The highest BCUT2D eigenvalue weighted by Crippen LogP contribution is 2.30. The molecule has 2 heterocycles. The highest BCUT2D eigenvalue weighted by Gasteiger charge is 2.30. The number of ether oxygens (including phenoxy) is 1. The van der Waals surface area contributed by atoms with Crippen molar-refractivity contribution in [2.45, 2.75) is 12.8 Å². The maximum atomic E-state index is 13.3. The number of carbonyl (C=O) groups excluding carboxylic acids is 2. The van der Waals surface area contributed by atoms with E-state index in [0.29, 0.717) is 6.54 Å². The van der Waals surface area contributed by atoms with Gasteiger partial charge in [-0.3, -0.25) is 9.59 Å². The zero-order valence-corrected chi connectivity index (χ0v) is 16.0. The van der Waals surface area contributed by atoms with Gasteiger partial charge in [-0.25, -0.2) is 0 Å². The van der Waals surface area contributed by atoms with Crippen molar-refractivity contribution >= 4 is 22.7 Å². The lowest BCUT2D eigenvalue weighted by Crippen LogP contribution is -3.14. The molecule has 0 spiro atoms. The van der Waals surface area contributed by atoms with Crippen LogP contribution in [0.2, 0.25) is 0 Å². The number of hydrogen-bond acceptors (Lipinski definition) is 3. The largest absolute Gasteiger partial charge is 0.469 e. The van der Waals surface area contributed by atoms with Gasteiger partial charge in [0, 0.05) is 23.7 Å². The van der Waals surface area contributed by atoms with E-state index in [1.807, 2.05) is 54.6 Å². The number of methoxy groups -OCH3 is 1. The summed E-state index contributed by atoms with van der Waals surface area (Å²) in [7, 11) is 1.44. The predicted molar refractivity (Wildman–Crippen MR) is 108 cm³/mol. The molecule has 0 radical (unpaired) electrons. The number of Topliss-reactive ketones (excluding diaryl/α,β-unsaturated/α-hetero) is 1. The molecule has 0 aliphatic carbocycles. The van der Waals surface area contributed by atoms with Gasteiger partial charge in [0.05, 0.1) is 37.4 Å². The zero-order chi connectivity index (χ0) is 19.5. The molecule has 1 aliphatic heterocycles. The second kappa shape index (κ2) is 7.98. The summed E-state index contributed by atoms with van der Waals surface area (Å²) >= 11 is 0. The van der Waals surface area contributed by atoms with Gasteiger partial charge >= 0.3 is 5.97 Å². The number of fused-ring (bicyclic) bond motifs is 1. The van der Waals surface area contributed by atoms with Crippen molar-refractivity contribution in [3.8, 4) is 11.3 Å². The molecular formula is C23H25N2O3+. The third-order valence-electron chi connectivity index (χ3n) is 5.69. The monoisotopic (exact) mass is 377 g/mol. The van der Waals surface area contributed by atoms with Gasteiger partial charge < -0.3 is 14.6 Å². The third-order valence-corrected chi connectivity index (χ3v) is 5.69. The number of aromatic amines is 1. The van der Waals surface area contributed by atoms with Crippen molar-refractivity contribution in [1.29, 1.82) is 0 Å². The van der Waals surface area contributed by atoms with Gasteiger partial charge in [0.1, 0.15) is 6.54 Å². The second-order valence-corrected chi connectivity index (χ2v) is 7.43. The summed E-state index contributed by atoms with van der Waals surface area (Å²) in [5, 5.41) is 0.968. The van der Waals surface area contributed by atoms with Gasteiger partial charge in [-0.05, 0) is 11.6 Å². The number of benzene rings is 2. The summed E-state index contributed by atoms with van der Waals surface area (Å²) < 4.78 is 4.86. The molecule has 5 heteroatoms. The fraction of sp³-hybridized carbons (Fsp3) is 0.304. The molecule has 1 saturated heterocycles. The molecule has 0 unspecified atom stereocenters. The fourth-order valence-corrected chi connectivity index (χ4v) is 4.17. The normalized spacial score (nSPS) is 19.5. The van der Waals surface area contributed by atoms with Crippen molar-refractivity contribution < 1.29 is 19.2 Å². The molecular weight excluding hydrogens is 352 g/mol. The van der Waals surface area contributed by atoms with E-state index < -0.39 is 0 Å². The Labute approximate surface area is 164 Å². The smallest absolute Gasteiger partial charge is 0.309 e. The molecule has 0 saturated carbocycles. The average Bonchev–Trinajstić information content (AvgIpc) is 3.14. The van der Waals surface area contributed by atoms with E-state index in [1.165, 1.54) is 12.0 Å². The van der Waals surface area contributed by atoms with Crippen molar-refractivity contribution in [1.82, 2.24) is 4.98 Å². The lowest BCUT2D eigenvalue weighted by molar-refractivity contribution is -0.897. The Balaban J connectivity index is 1.59. The minimum Gasteiger partial charge on any atom is -0.469 e. The Morgan fingerprint density at radius 2 is 1.71 bits per heavy atom. The van der Waals surface area contributed by atoms with E-state index >= 15 is 0 Å². The minimum atomic E-state index is -0.131. The summed E-state index contributed by atoms with van der Waals surface area (Å²) in [6, 6.07) is 17.9. The molecule has 0 amide bonds. The van der Waals surface area contributed by atoms with Gasteiger partial charge in [0.15, 0.2) is 0 Å². The maximum Gasteiger partial charge on any atom is 0.309 e. The maximum absolute atomic E-state index is 13.3. The number of nitrogens with one attached hydrogen (secondary N) is 2. The van der Waals surface area contributed by atoms with Crippen molar-refractivity contribution in [3.63, 3.8) is 0 Å². The number of likely N-dealkylation sites (tertiary alicyclic amines) is 1. The van der Waals surface area contributed by atoms with Crippen molar-refractivity contribution in [2.75, 3.05) is 26.7 Å². The number of piperidine rings is 1. The summed E-state index contributed by atoms with van der Waals surface area (Å²) in [6.07, 6.45) is 1.55. The highest BCUT2D eigenvalue weighted by molar-refractivity contribution is 6.13. The predicted octanol–water partition coefficient (Wildman–Crippen LogP) is 2.49. The van der Waals surface area contributed by atoms with E-state index in [1.54, 1.807) is 0 Å². The molecule has 2 N–H and O–H groups in total. The van der Waals surface area contributed by atoms with Crippen LogP contribution in [0.4, 0.5) is 0 Å². The molecule has 5 nitrogen and oxygen atoms in total. The SMILES string of the molecule is COC(=O)C1CC[NH+](CC(=O)c2c(-c3ccccc3)[nH]c3ccccc23)CC1. The molecule has 3 aromatic rings. The molecule has 4 rings (SSSR count). The molecule has 144 valence electrons. The van der Waals surface area contributed by atoms with Gasteiger partial charge in [-0.1, -0.05) is 48.5 Å². The lowest BCUT2D eigenvalue weighted by atomic mass is 9.96. The first-order valence-corrected chi connectivity index (χ1v) is 9.78. The van der Waals surface area contributed by atoms with Gasteiger partial charge in [-0.15, -0.1) is 0 Å². The molecule has 0 atom stereocenters. The average molecular weight is 377 g/mol. The number of hydrogen-bond donors (Lipinski definition) is 2. The lowest BCUT2D eigenvalue weighted by Gasteiger charge is -2.27. The molecule has 1 fully saturated rings. The van der Waals surface area contributed by atoms with Crippen LogP contribution >= 0.6 is 0 Å². The highest BCUT2D eigenvalue weighted by atomic mass is 16.5. The van der Waals surface area contributed by atoms with E-state index in [4.69, 9.17) is 4.74 Å². The van der Waals surface area contributed by atoms with E-state index in [-0.39, 0.29) is 17.7 Å². The molecule has 2 aromatic carbocycles. The zero-order valence-electron chi connectivity index (χ0n) is 16.0. The van der Waals surface area contributed by atoms with Crippen LogP contribution in [-0.4, -0.2) is 43.5 Å². The van der Waals surface area contributed by atoms with Crippen LogP contribution in [0.25, 0.3) is 22.2 Å². The number of aromatic nitrogens is 1. The minimum absolute atomic E-state index is 0.0307. The Bertz CT molecular complexity index is 986. The van der Waals surface area contributed by atoms with Crippen LogP contribution < -0.4 is 4.90 Å². The first-order valence-electron chi connectivity index (χ1n) is 9.78. The van der Waals surface area contributed by atoms with Crippen molar-refractivity contribution in [2.24, 2.45) is 5.92 Å². The number of ketones is 1. The summed E-state index contributed by atoms with van der Waals surface area (Å²) in [6.45, 7) is 2.07. The molecule has 28 heavy (non-hydrogen) atoms. The molecule has 1 aliphatic rings. The standard InChI is InChI=1S/C23H24N2O3/c1-28-23(27)17-11-13-25(14-12-17)15-20(26)21-18-9-5-6-10-19(18)24-22(21)16-7-3-2-4-8-16/h2-10,17,24H,11-15H2,1H3/p+1. The van der Waals surface area contributed by atoms with Gasteiger partial charge in [0.2, 0.25) is 5.78 Å². The third kappa shape index (κ3) is 3.58. The summed E-state index contributed by atoms with van der Waals surface area (Å²) in [5.41, 5.74) is 3.64. The molecule has 0 bridgehead atoms. The number of esters is 1. The fourth-order valence-electron chi connectivity index (χ4n) is 4.17. The van der Waals surface area contributed by atoms with Gasteiger partial charge in [0.25, 0.3) is 0 Å². The van der Waals surface area contributed by atoms with E-state index in [2.05, 4.69) is 4.98 Å². The number of quaternary nitrogens is 1. The number of para-hydroxylation sites is 1. The Kier molecular flexibility index (Phi) is 5.26. The Morgan fingerprint density at radius 3 is 2.43 bits per heavy atom. The Morgan fingerprint density at radius 1 is 1.04 bits per heavy atom. The van der Waals surface area contributed by atoms with Crippen LogP contribution in [0.15, 0.2) is 54.6 Å². The summed E-state index contributed by atoms with van der Waals surface area (Å²) in [5.74, 6) is -0.0204. The van der Waals surface area contributed by atoms with E-state index in [9.17, 15) is 9.59 Å². The number of carbonyl (C=O) groups is 2. The molecule has 1 aromatic heterocycles. The van der Waals surface area contributed by atoms with E-state index in [0.717, 1.165) is 53.7 Å². The van der Waals surface area contributed by atoms with Crippen LogP contribution in [0.3, 0.4) is 0 Å². The summed E-state index contributed by atoms with van der Waals surface area (Å²) in [4.78, 5) is 29.7. The quantitative estimate of drug-likeness (QED) is 0.530.